The summed E-state index contributed by atoms with van der Waals surface area (Å²) in [5.74, 6) is 2.24. The number of aromatic nitrogens is 2. The van der Waals surface area contributed by atoms with Gasteiger partial charge in [-0.3, -0.25) is 4.79 Å². The van der Waals surface area contributed by atoms with Gasteiger partial charge < -0.3 is 20.3 Å². The van der Waals surface area contributed by atoms with Gasteiger partial charge in [-0.05, 0) is 48.9 Å². The Hall–Kier alpha value is -2.71. The quantitative estimate of drug-likeness (QED) is 0.655. The van der Waals surface area contributed by atoms with Gasteiger partial charge in [0.2, 0.25) is 0 Å². The molecule has 3 aromatic rings. The van der Waals surface area contributed by atoms with Crippen LogP contribution in [-0.2, 0) is 6.42 Å². The third kappa shape index (κ3) is 3.00. The Morgan fingerprint density at radius 1 is 1.29 bits per heavy atom. The molecule has 1 aliphatic carbocycles. The van der Waals surface area contributed by atoms with Crippen LogP contribution >= 0.6 is 11.3 Å². The molecule has 160 valence electrons. The van der Waals surface area contributed by atoms with Crippen LogP contribution in [0.4, 0.5) is 5.69 Å². The maximum absolute atomic E-state index is 13.2. The zero-order valence-electron chi connectivity index (χ0n) is 17.4. The lowest BCUT2D eigenvalue weighted by Crippen LogP contribution is -2.42. The summed E-state index contributed by atoms with van der Waals surface area (Å²) in [5, 5.41) is 7.16. The lowest BCUT2D eigenvalue weighted by atomic mass is 9.73. The molecule has 2 N–H and O–H groups in total. The molecule has 1 unspecified atom stereocenters. The summed E-state index contributed by atoms with van der Waals surface area (Å²) in [6.07, 6.45) is 6.55. The van der Waals surface area contributed by atoms with Gasteiger partial charge >= 0.3 is 0 Å². The predicted molar refractivity (Wildman–Crippen MR) is 121 cm³/mol. The summed E-state index contributed by atoms with van der Waals surface area (Å²) in [6, 6.07) is 6.82. The molecule has 3 aliphatic rings. The Labute approximate surface area is 184 Å². The van der Waals surface area contributed by atoms with Crippen LogP contribution in [0.2, 0.25) is 0 Å². The largest absolute Gasteiger partial charge is 0.496 e. The number of benzene rings is 1. The number of ether oxygens (including phenoxy) is 1. The number of carbonyl (C=O) groups excluding carboxylic acids is 1. The maximum atomic E-state index is 13.2. The normalized spacial score (nSPS) is 24.5. The summed E-state index contributed by atoms with van der Waals surface area (Å²) < 4.78 is 5.63. The van der Waals surface area contributed by atoms with Crippen molar-refractivity contribution in [2.24, 2.45) is 5.92 Å². The molecule has 4 heterocycles. The first-order valence-electron chi connectivity index (χ1n) is 10.9. The molecule has 0 radical (unpaired) electrons. The van der Waals surface area contributed by atoms with E-state index in [1.165, 1.54) is 28.9 Å². The van der Waals surface area contributed by atoms with Gasteiger partial charge in [-0.15, -0.1) is 11.3 Å². The molecular weight excluding hydrogens is 410 g/mol. The average Bonchev–Trinajstić information content (AvgIpc) is 3.40. The molecule has 8 heteroatoms. The molecule has 1 amide bonds. The fourth-order valence-electron chi connectivity index (χ4n) is 5.61. The van der Waals surface area contributed by atoms with Crippen LogP contribution in [0, 0.1) is 5.92 Å². The first-order chi connectivity index (χ1) is 15.2. The van der Waals surface area contributed by atoms with Crippen LogP contribution in [0.15, 0.2) is 30.6 Å². The fraction of sp³-hybridized carbons (Fsp3) is 0.435. The van der Waals surface area contributed by atoms with Crippen LogP contribution < -0.4 is 15.4 Å². The molecule has 1 fully saturated rings. The van der Waals surface area contributed by atoms with Crippen molar-refractivity contribution in [1.82, 2.24) is 20.2 Å². The number of rotatable bonds is 4. The number of carbonyl (C=O) groups is 1. The highest BCUT2D eigenvalue weighted by Crippen LogP contribution is 2.45. The summed E-state index contributed by atoms with van der Waals surface area (Å²) >= 11 is 1.43. The number of anilines is 1. The van der Waals surface area contributed by atoms with Crippen molar-refractivity contribution in [2.45, 2.75) is 31.2 Å². The van der Waals surface area contributed by atoms with Crippen molar-refractivity contribution in [3.05, 3.63) is 46.6 Å². The molecule has 0 spiro atoms. The summed E-state index contributed by atoms with van der Waals surface area (Å²) in [6.45, 7) is 2.29. The molecule has 1 aromatic carbocycles. The Balaban J connectivity index is 1.21. The van der Waals surface area contributed by atoms with Crippen LogP contribution in [0.5, 0.6) is 5.75 Å². The lowest BCUT2D eigenvalue weighted by molar-refractivity contribution is 0.0757. The first-order valence-corrected chi connectivity index (χ1v) is 11.7. The molecule has 2 aliphatic heterocycles. The third-order valence-electron chi connectivity index (χ3n) is 7.06. The Bertz CT molecular complexity index is 1160. The van der Waals surface area contributed by atoms with E-state index in [4.69, 9.17) is 4.74 Å². The van der Waals surface area contributed by atoms with Crippen LogP contribution in [0.3, 0.4) is 0 Å². The van der Waals surface area contributed by atoms with E-state index in [-0.39, 0.29) is 5.91 Å². The van der Waals surface area contributed by atoms with Crippen molar-refractivity contribution in [1.29, 1.82) is 0 Å². The number of hydrogen-bond acceptors (Lipinski definition) is 7. The zero-order chi connectivity index (χ0) is 20.9. The second-order valence-corrected chi connectivity index (χ2v) is 9.57. The average molecular weight is 436 g/mol. The number of methoxy groups -OCH3 is 1. The van der Waals surface area contributed by atoms with Crippen molar-refractivity contribution in [3.8, 4) is 5.75 Å². The Morgan fingerprint density at radius 2 is 2.19 bits per heavy atom. The predicted octanol–water partition coefficient (Wildman–Crippen LogP) is 3.23. The molecule has 7 nitrogen and oxygen atoms in total. The lowest BCUT2D eigenvalue weighted by Gasteiger charge is -2.33. The van der Waals surface area contributed by atoms with Crippen LogP contribution in [-0.4, -0.2) is 53.7 Å². The number of nitrogens with zero attached hydrogens (tertiary/aromatic N) is 3. The van der Waals surface area contributed by atoms with Gasteiger partial charge in [-0.1, -0.05) is 12.1 Å². The number of thiophene rings is 1. The van der Waals surface area contributed by atoms with E-state index in [0.29, 0.717) is 24.5 Å². The minimum atomic E-state index is 0.0822. The number of fused-ring (bicyclic) bond motifs is 6. The van der Waals surface area contributed by atoms with Gasteiger partial charge in [0.05, 0.1) is 19.5 Å². The molecular formula is C23H25N5O2S. The number of hydrogen-bond donors (Lipinski definition) is 2. The Kier molecular flexibility index (Phi) is 4.57. The molecule has 3 atom stereocenters. The Morgan fingerprint density at radius 3 is 3.10 bits per heavy atom. The van der Waals surface area contributed by atoms with Gasteiger partial charge in [0.25, 0.3) is 5.91 Å². The van der Waals surface area contributed by atoms with E-state index in [0.717, 1.165) is 52.6 Å². The topological polar surface area (TPSA) is 79.4 Å². The summed E-state index contributed by atoms with van der Waals surface area (Å²) in [7, 11) is 1.76. The smallest absolute Gasteiger partial charge is 0.267 e. The highest BCUT2D eigenvalue weighted by molar-refractivity contribution is 7.21. The van der Waals surface area contributed by atoms with E-state index >= 15 is 0 Å². The standard InChI is InChI=1S/C23H25N5O2S/c1-30-17-4-2-3-15-14(17)6-5-13-11-26-16(18(13)15)7-10-28-12-27-19-20-22(25-9-8-24-20)31-21(19)23(28)29/h2-4,8-9,13,16,18,26-27H,5-7,10-12H2,1H3/t13-,16?,18+/m0/s1. The molecule has 6 rings (SSSR count). The SMILES string of the molecule is COc1cccc2c1CC[C@H]1CNC(CCN3CNc4c(sc5nccnc45)C3=O)[C@@H]21. The van der Waals surface area contributed by atoms with E-state index in [2.05, 4.69) is 38.8 Å². The third-order valence-corrected chi connectivity index (χ3v) is 8.14. The monoisotopic (exact) mass is 435 g/mol. The van der Waals surface area contributed by atoms with E-state index in [1.54, 1.807) is 19.5 Å². The van der Waals surface area contributed by atoms with Gasteiger partial charge in [0.15, 0.2) is 0 Å². The van der Waals surface area contributed by atoms with Gasteiger partial charge in [-0.2, -0.15) is 0 Å². The van der Waals surface area contributed by atoms with Crippen molar-refractivity contribution < 1.29 is 9.53 Å². The van der Waals surface area contributed by atoms with Crippen LogP contribution in [0.25, 0.3) is 10.3 Å². The summed E-state index contributed by atoms with van der Waals surface area (Å²) in [5.41, 5.74) is 4.42. The molecule has 2 aromatic heterocycles. The molecule has 1 saturated heterocycles. The summed E-state index contributed by atoms with van der Waals surface area (Å²) in [4.78, 5) is 25.4. The highest BCUT2D eigenvalue weighted by Gasteiger charge is 2.41. The van der Waals surface area contributed by atoms with Gasteiger partial charge in [-0.25, -0.2) is 9.97 Å². The van der Waals surface area contributed by atoms with Gasteiger partial charge in [0.1, 0.15) is 21.0 Å². The highest BCUT2D eigenvalue weighted by atomic mass is 32.1. The minimum absolute atomic E-state index is 0.0822. The van der Waals surface area contributed by atoms with E-state index < -0.39 is 0 Å². The second kappa shape index (κ2) is 7.46. The number of nitrogens with one attached hydrogen (secondary N) is 2. The van der Waals surface area contributed by atoms with Crippen molar-refractivity contribution in [2.75, 3.05) is 32.2 Å². The second-order valence-electron chi connectivity index (χ2n) is 8.58. The van der Waals surface area contributed by atoms with Gasteiger partial charge in [0, 0.05) is 30.9 Å². The first kappa shape index (κ1) is 19.0. The minimum Gasteiger partial charge on any atom is -0.496 e. The fourth-order valence-corrected chi connectivity index (χ4v) is 6.65. The van der Waals surface area contributed by atoms with E-state index in [9.17, 15) is 4.79 Å². The van der Waals surface area contributed by atoms with Crippen LogP contribution in [0.1, 0.15) is 39.6 Å². The maximum Gasteiger partial charge on any atom is 0.267 e. The van der Waals surface area contributed by atoms with E-state index in [1.807, 2.05) is 4.90 Å². The van der Waals surface area contributed by atoms with Crippen molar-refractivity contribution >= 4 is 33.3 Å². The molecule has 0 bridgehead atoms. The number of amides is 1. The zero-order valence-corrected chi connectivity index (χ0v) is 18.2. The molecule has 31 heavy (non-hydrogen) atoms. The molecule has 0 saturated carbocycles. The van der Waals surface area contributed by atoms with Crippen molar-refractivity contribution in [3.63, 3.8) is 0 Å².